The van der Waals surface area contributed by atoms with Crippen molar-refractivity contribution in [3.05, 3.63) is 29.8 Å². The van der Waals surface area contributed by atoms with Gasteiger partial charge in [-0.15, -0.1) is 0 Å². The van der Waals surface area contributed by atoms with E-state index >= 15 is 0 Å². The molecule has 1 fully saturated rings. The van der Waals surface area contributed by atoms with Crippen LogP contribution in [0.1, 0.15) is 23.7 Å². The van der Waals surface area contributed by atoms with E-state index in [1.54, 1.807) is 0 Å². The quantitative estimate of drug-likeness (QED) is 0.843. The largest absolute Gasteiger partial charge is 0.478 e. The summed E-state index contributed by atoms with van der Waals surface area (Å²) in [6.07, 6.45) is 0.831. The molecule has 0 saturated heterocycles. The van der Waals surface area contributed by atoms with E-state index in [0.29, 0.717) is 5.92 Å². The maximum absolute atomic E-state index is 11.9. The van der Waals surface area contributed by atoms with Gasteiger partial charge in [-0.1, -0.05) is 13.0 Å². The molecule has 5 nitrogen and oxygen atoms in total. The summed E-state index contributed by atoms with van der Waals surface area (Å²) in [5.74, 6) is -0.783. The van der Waals surface area contributed by atoms with Crippen LogP contribution in [0.5, 0.6) is 0 Å². The molecule has 6 heteroatoms. The van der Waals surface area contributed by atoms with Crippen molar-refractivity contribution in [1.29, 1.82) is 0 Å². The summed E-state index contributed by atoms with van der Waals surface area (Å²) in [5, 5.41) is 8.80. The summed E-state index contributed by atoms with van der Waals surface area (Å²) in [5.41, 5.74) is -0.0308. The smallest absolute Gasteiger partial charge is 0.335 e. The Morgan fingerprint density at radius 1 is 1.47 bits per heavy atom. The molecule has 0 amide bonds. The first-order valence-corrected chi connectivity index (χ1v) is 6.74. The predicted molar refractivity (Wildman–Crippen MR) is 61.3 cm³/mol. The Labute approximate surface area is 99.5 Å². The van der Waals surface area contributed by atoms with Crippen LogP contribution in [0.2, 0.25) is 0 Å². The molecule has 1 aliphatic carbocycles. The molecule has 0 bridgehead atoms. The van der Waals surface area contributed by atoms with Crippen molar-refractivity contribution in [3.63, 3.8) is 0 Å². The third-order valence-electron chi connectivity index (χ3n) is 2.81. The summed E-state index contributed by atoms with van der Waals surface area (Å²) in [6.45, 7) is 1.96. The number of carboxylic acids is 1. The van der Waals surface area contributed by atoms with Gasteiger partial charge in [0.15, 0.2) is 0 Å². The molecule has 2 N–H and O–H groups in total. The zero-order chi connectivity index (χ0) is 12.6. The number of carbonyl (C=O) groups is 1. The number of sulfonamides is 1. The van der Waals surface area contributed by atoms with Crippen molar-refractivity contribution >= 4 is 16.0 Å². The summed E-state index contributed by atoms with van der Waals surface area (Å²) < 4.78 is 26.3. The van der Waals surface area contributed by atoms with Crippen LogP contribution in [0.15, 0.2) is 29.2 Å². The van der Waals surface area contributed by atoms with Crippen LogP contribution in [0.3, 0.4) is 0 Å². The lowest BCUT2D eigenvalue weighted by atomic mass is 10.2. The summed E-state index contributed by atoms with van der Waals surface area (Å²) in [6, 6.07) is 5.32. The van der Waals surface area contributed by atoms with E-state index in [1.807, 2.05) is 6.92 Å². The summed E-state index contributed by atoms with van der Waals surface area (Å²) in [4.78, 5) is 10.7. The Morgan fingerprint density at radius 3 is 2.65 bits per heavy atom. The minimum absolute atomic E-state index is 0.00324. The molecule has 92 valence electrons. The van der Waals surface area contributed by atoms with E-state index in [9.17, 15) is 13.2 Å². The van der Waals surface area contributed by atoms with E-state index in [4.69, 9.17) is 5.11 Å². The highest BCUT2D eigenvalue weighted by atomic mass is 32.2. The molecule has 2 unspecified atom stereocenters. The van der Waals surface area contributed by atoms with Gasteiger partial charge in [0, 0.05) is 6.04 Å². The molecule has 0 aliphatic heterocycles. The number of nitrogens with one attached hydrogen (secondary N) is 1. The molecule has 17 heavy (non-hydrogen) atoms. The Hall–Kier alpha value is -1.40. The Morgan fingerprint density at radius 2 is 2.12 bits per heavy atom. The molecule has 1 aromatic carbocycles. The van der Waals surface area contributed by atoms with E-state index in [1.165, 1.54) is 18.2 Å². The molecule has 0 spiro atoms. The van der Waals surface area contributed by atoms with Crippen molar-refractivity contribution in [2.45, 2.75) is 24.3 Å². The third-order valence-corrected chi connectivity index (χ3v) is 4.29. The van der Waals surface area contributed by atoms with Gasteiger partial charge in [0.25, 0.3) is 0 Å². The normalized spacial score (nSPS) is 23.4. The number of rotatable bonds is 4. The maximum atomic E-state index is 11.9. The molecule has 0 radical (unpaired) electrons. The fourth-order valence-corrected chi connectivity index (χ4v) is 2.95. The number of benzene rings is 1. The molecule has 1 saturated carbocycles. The van der Waals surface area contributed by atoms with Gasteiger partial charge in [-0.2, -0.15) is 0 Å². The van der Waals surface area contributed by atoms with Gasteiger partial charge in [0.2, 0.25) is 10.0 Å². The van der Waals surface area contributed by atoms with E-state index < -0.39 is 16.0 Å². The number of hydrogen-bond acceptors (Lipinski definition) is 3. The predicted octanol–water partition coefficient (Wildman–Crippen LogP) is 1.07. The first-order valence-electron chi connectivity index (χ1n) is 5.26. The average molecular weight is 255 g/mol. The van der Waals surface area contributed by atoms with Crippen LogP contribution < -0.4 is 4.72 Å². The molecule has 1 aliphatic rings. The Kier molecular flexibility index (Phi) is 2.92. The highest BCUT2D eigenvalue weighted by molar-refractivity contribution is 7.89. The van der Waals surface area contributed by atoms with E-state index in [2.05, 4.69) is 4.72 Å². The van der Waals surface area contributed by atoms with E-state index in [0.717, 1.165) is 12.5 Å². The lowest BCUT2D eigenvalue weighted by molar-refractivity contribution is 0.0696. The Balaban J connectivity index is 2.26. The van der Waals surface area contributed by atoms with Crippen molar-refractivity contribution < 1.29 is 18.3 Å². The fraction of sp³-hybridized carbons (Fsp3) is 0.364. The van der Waals surface area contributed by atoms with Gasteiger partial charge in [-0.25, -0.2) is 17.9 Å². The van der Waals surface area contributed by atoms with Crippen LogP contribution in [0.25, 0.3) is 0 Å². The van der Waals surface area contributed by atoms with Crippen molar-refractivity contribution in [3.8, 4) is 0 Å². The van der Waals surface area contributed by atoms with Crippen LogP contribution in [-0.2, 0) is 10.0 Å². The van der Waals surface area contributed by atoms with Crippen LogP contribution in [0, 0.1) is 5.92 Å². The van der Waals surface area contributed by atoms with Gasteiger partial charge < -0.3 is 5.11 Å². The van der Waals surface area contributed by atoms with Crippen molar-refractivity contribution in [2.24, 2.45) is 5.92 Å². The summed E-state index contributed by atoms with van der Waals surface area (Å²) >= 11 is 0. The second kappa shape index (κ2) is 4.12. The first-order chi connectivity index (χ1) is 7.90. The number of aromatic carboxylic acids is 1. The number of hydrogen-bond donors (Lipinski definition) is 2. The van der Waals surface area contributed by atoms with Gasteiger partial charge in [0.1, 0.15) is 0 Å². The second-order valence-electron chi connectivity index (χ2n) is 4.27. The summed E-state index contributed by atoms with van der Waals surface area (Å²) in [7, 11) is -3.60. The van der Waals surface area contributed by atoms with Gasteiger partial charge in [-0.05, 0) is 30.5 Å². The SMILES string of the molecule is CC1CC1NS(=O)(=O)c1cccc(C(=O)O)c1. The molecular formula is C11H13NO4S. The Bertz CT molecular complexity index is 552. The molecule has 0 heterocycles. The van der Waals surface area contributed by atoms with Crippen LogP contribution in [0.4, 0.5) is 0 Å². The number of carboxylic acid groups (broad SMARTS) is 1. The molecule has 2 atom stereocenters. The van der Waals surface area contributed by atoms with Crippen LogP contribution in [-0.4, -0.2) is 25.5 Å². The van der Waals surface area contributed by atoms with Gasteiger partial charge >= 0.3 is 5.97 Å². The van der Waals surface area contributed by atoms with Crippen LogP contribution >= 0.6 is 0 Å². The van der Waals surface area contributed by atoms with Gasteiger partial charge in [0.05, 0.1) is 10.5 Å². The monoisotopic (exact) mass is 255 g/mol. The molecular weight excluding hydrogens is 242 g/mol. The second-order valence-corrected chi connectivity index (χ2v) is 5.99. The minimum Gasteiger partial charge on any atom is -0.478 e. The molecule has 2 rings (SSSR count). The third kappa shape index (κ3) is 2.65. The molecule has 0 aromatic heterocycles. The standard InChI is InChI=1S/C11H13NO4S/c1-7-5-10(7)12-17(15,16)9-4-2-3-8(6-9)11(13)14/h2-4,6-7,10,12H,5H2,1H3,(H,13,14). The zero-order valence-electron chi connectivity index (χ0n) is 9.25. The van der Waals surface area contributed by atoms with E-state index in [-0.39, 0.29) is 16.5 Å². The lowest BCUT2D eigenvalue weighted by Gasteiger charge is -2.06. The van der Waals surface area contributed by atoms with Gasteiger partial charge in [-0.3, -0.25) is 0 Å². The zero-order valence-corrected chi connectivity index (χ0v) is 10.1. The highest BCUT2D eigenvalue weighted by Gasteiger charge is 2.36. The topological polar surface area (TPSA) is 83.5 Å². The highest BCUT2D eigenvalue weighted by Crippen LogP contribution is 2.30. The minimum atomic E-state index is -3.60. The maximum Gasteiger partial charge on any atom is 0.335 e. The van der Waals surface area contributed by atoms with Crippen molar-refractivity contribution in [1.82, 2.24) is 4.72 Å². The lowest BCUT2D eigenvalue weighted by Crippen LogP contribution is -2.27. The van der Waals surface area contributed by atoms with Crippen molar-refractivity contribution in [2.75, 3.05) is 0 Å². The molecule has 1 aromatic rings. The fourth-order valence-electron chi connectivity index (χ4n) is 1.55. The first kappa shape index (κ1) is 12.1. The average Bonchev–Trinajstić information content (AvgIpc) is 2.93.